The number of esters is 1. The molecule has 1 N–H and O–H groups in total. The molecule has 0 bridgehead atoms. The normalized spacial score (nSPS) is 19.3. The fourth-order valence-corrected chi connectivity index (χ4v) is 3.93. The minimum absolute atomic E-state index is 0.00802. The number of hydrogen-bond acceptors (Lipinski definition) is 4. The van der Waals surface area contributed by atoms with Crippen molar-refractivity contribution in [3.05, 3.63) is 28.8 Å². The number of carbonyl (C=O) groups excluding carboxylic acids is 3. The number of carbonyl (C=O) groups is 3. The molecule has 3 rings (SSSR count). The molecular formula is C22H28F2N2O4. The number of nitrogens with zero attached hydrogens (tertiary/aromatic N) is 1. The lowest BCUT2D eigenvalue weighted by atomic mass is 9.84. The summed E-state index contributed by atoms with van der Waals surface area (Å²) in [6.45, 7) is 6.34. The standard InChI is InChI=1S/C22H28F2N2O4/c1-11(12(2)20(28)30-5)9-25-16(27)10-26-19-15(23)8-14(13-6-7-13)18(24)17(19)22(3,4)21(26)29/h8,11-13H,6-7,9-10H2,1-5H3,(H,25,27)/t11-,12+/m0/s1. The first kappa shape index (κ1) is 22.2. The van der Waals surface area contributed by atoms with E-state index in [0.717, 1.165) is 23.8 Å². The third-order valence-electron chi connectivity index (χ3n) is 6.26. The van der Waals surface area contributed by atoms with Gasteiger partial charge in [0.15, 0.2) is 0 Å². The van der Waals surface area contributed by atoms with Gasteiger partial charge in [-0.2, -0.15) is 0 Å². The molecule has 8 heteroatoms. The van der Waals surface area contributed by atoms with E-state index in [1.54, 1.807) is 27.7 Å². The van der Waals surface area contributed by atoms with Gasteiger partial charge in [0.1, 0.15) is 18.2 Å². The van der Waals surface area contributed by atoms with Gasteiger partial charge >= 0.3 is 5.97 Å². The van der Waals surface area contributed by atoms with E-state index in [1.165, 1.54) is 7.11 Å². The van der Waals surface area contributed by atoms with Crippen LogP contribution in [0.4, 0.5) is 14.5 Å². The largest absolute Gasteiger partial charge is 0.469 e. The van der Waals surface area contributed by atoms with Crippen molar-refractivity contribution in [2.45, 2.75) is 51.9 Å². The second-order valence-corrected chi connectivity index (χ2v) is 8.87. The number of nitrogens with one attached hydrogen (secondary N) is 1. The number of methoxy groups -OCH3 is 1. The van der Waals surface area contributed by atoms with E-state index in [9.17, 15) is 18.8 Å². The van der Waals surface area contributed by atoms with Gasteiger partial charge in [0.05, 0.1) is 24.1 Å². The van der Waals surface area contributed by atoms with Crippen molar-refractivity contribution in [1.29, 1.82) is 0 Å². The number of hydrogen-bond donors (Lipinski definition) is 1. The highest BCUT2D eigenvalue weighted by atomic mass is 19.1. The zero-order valence-electron chi connectivity index (χ0n) is 18.0. The summed E-state index contributed by atoms with van der Waals surface area (Å²) in [6.07, 6.45) is 1.61. The average Bonchev–Trinajstić information content (AvgIpc) is 3.51. The monoisotopic (exact) mass is 422 g/mol. The topological polar surface area (TPSA) is 75.7 Å². The Morgan fingerprint density at radius 2 is 1.93 bits per heavy atom. The van der Waals surface area contributed by atoms with E-state index in [1.807, 2.05) is 0 Å². The molecule has 2 amide bonds. The molecule has 0 radical (unpaired) electrons. The SMILES string of the molecule is COC(=O)[C@H](C)[C@@H](C)CNC(=O)CN1C(=O)C(C)(C)c2c(F)c(C3CC3)cc(F)c21. The third kappa shape index (κ3) is 3.79. The molecule has 2 atom stereocenters. The molecule has 1 aliphatic heterocycles. The Hall–Kier alpha value is -2.51. The molecule has 0 aromatic heterocycles. The molecule has 1 aliphatic carbocycles. The minimum Gasteiger partial charge on any atom is -0.469 e. The second-order valence-electron chi connectivity index (χ2n) is 8.87. The fourth-order valence-electron chi connectivity index (χ4n) is 3.93. The van der Waals surface area contributed by atoms with Gasteiger partial charge in [-0.15, -0.1) is 0 Å². The Balaban J connectivity index is 1.78. The maximum atomic E-state index is 15.2. The van der Waals surface area contributed by atoms with Gasteiger partial charge < -0.3 is 10.1 Å². The minimum atomic E-state index is -1.27. The Morgan fingerprint density at radius 1 is 1.30 bits per heavy atom. The van der Waals surface area contributed by atoms with Crippen LogP contribution in [-0.4, -0.2) is 38.0 Å². The first-order valence-corrected chi connectivity index (χ1v) is 10.2. The van der Waals surface area contributed by atoms with E-state index in [-0.39, 0.29) is 35.6 Å². The maximum absolute atomic E-state index is 15.2. The number of amides is 2. The molecule has 0 unspecified atom stereocenters. The van der Waals surface area contributed by atoms with Crippen molar-refractivity contribution in [3.63, 3.8) is 0 Å². The zero-order chi connectivity index (χ0) is 22.4. The molecule has 0 saturated heterocycles. The quantitative estimate of drug-likeness (QED) is 0.686. The summed E-state index contributed by atoms with van der Waals surface area (Å²) in [5, 5.41) is 2.66. The lowest BCUT2D eigenvalue weighted by Gasteiger charge is -2.22. The lowest BCUT2D eigenvalue weighted by Crippen LogP contribution is -2.44. The van der Waals surface area contributed by atoms with Gasteiger partial charge in [0, 0.05) is 12.1 Å². The van der Waals surface area contributed by atoms with E-state index >= 15 is 4.39 Å². The van der Waals surface area contributed by atoms with Crippen molar-refractivity contribution in [2.24, 2.45) is 11.8 Å². The Kier molecular flexibility index (Phi) is 5.89. The van der Waals surface area contributed by atoms with Crippen molar-refractivity contribution in [3.8, 4) is 0 Å². The van der Waals surface area contributed by atoms with Crippen LogP contribution >= 0.6 is 0 Å². The summed E-state index contributed by atoms with van der Waals surface area (Å²) < 4.78 is 34.8. The summed E-state index contributed by atoms with van der Waals surface area (Å²) >= 11 is 0. The third-order valence-corrected chi connectivity index (χ3v) is 6.26. The van der Waals surface area contributed by atoms with Crippen LogP contribution in [0, 0.1) is 23.5 Å². The molecule has 1 aromatic carbocycles. The molecule has 164 valence electrons. The first-order valence-electron chi connectivity index (χ1n) is 10.2. The van der Waals surface area contributed by atoms with Crippen LogP contribution in [0.15, 0.2) is 6.07 Å². The Labute approximate surface area is 174 Å². The van der Waals surface area contributed by atoms with Gasteiger partial charge in [0.25, 0.3) is 0 Å². The predicted octanol–water partition coefficient (Wildman–Crippen LogP) is 3.03. The van der Waals surface area contributed by atoms with Crippen molar-refractivity contribution < 1.29 is 27.9 Å². The smallest absolute Gasteiger partial charge is 0.308 e. The van der Waals surface area contributed by atoms with Gasteiger partial charge in [-0.25, -0.2) is 8.78 Å². The molecule has 1 aromatic rings. The van der Waals surface area contributed by atoms with Crippen LogP contribution in [-0.2, 0) is 24.5 Å². The molecule has 30 heavy (non-hydrogen) atoms. The Morgan fingerprint density at radius 3 is 2.50 bits per heavy atom. The van der Waals surface area contributed by atoms with E-state index < -0.39 is 41.3 Å². The predicted molar refractivity (Wildman–Crippen MR) is 107 cm³/mol. The average molecular weight is 422 g/mol. The lowest BCUT2D eigenvalue weighted by molar-refractivity contribution is -0.146. The highest BCUT2D eigenvalue weighted by Crippen LogP contribution is 2.50. The number of halogens is 2. The van der Waals surface area contributed by atoms with E-state index in [0.29, 0.717) is 5.56 Å². The second kappa shape index (κ2) is 7.96. The number of fused-ring (bicyclic) bond motifs is 1. The summed E-state index contributed by atoms with van der Waals surface area (Å²) in [4.78, 5) is 38.1. The van der Waals surface area contributed by atoms with E-state index in [4.69, 9.17) is 4.74 Å². The van der Waals surface area contributed by atoms with Gasteiger partial charge in [-0.05, 0) is 50.2 Å². The van der Waals surface area contributed by atoms with Gasteiger partial charge in [0.2, 0.25) is 11.8 Å². The number of benzene rings is 1. The van der Waals surface area contributed by atoms with Crippen LogP contribution in [0.3, 0.4) is 0 Å². The van der Waals surface area contributed by atoms with Crippen LogP contribution in [0.1, 0.15) is 57.6 Å². The molecule has 2 aliphatic rings. The Bertz CT molecular complexity index is 896. The fraction of sp³-hybridized carbons (Fsp3) is 0.591. The summed E-state index contributed by atoms with van der Waals surface area (Å²) in [7, 11) is 1.30. The molecular weight excluding hydrogens is 394 g/mol. The van der Waals surface area contributed by atoms with Gasteiger partial charge in [-0.1, -0.05) is 13.8 Å². The van der Waals surface area contributed by atoms with Crippen LogP contribution in [0.5, 0.6) is 0 Å². The van der Waals surface area contributed by atoms with Crippen molar-refractivity contribution >= 4 is 23.5 Å². The van der Waals surface area contributed by atoms with E-state index in [2.05, 4.69) is 5.32 Å². The number of ether oxygens (including phenoxy) is 1. The molecule has 1 fully saturated rings. The molecule has 0 spiro atoms. The van der Waals surface area contributed by atoms with Crippen molar-refractivity contribution in [1.82, 2.24) is 5.32 Å². The summed E-state index contributed by atoms with van der Waals surface area (Å²) in [6, 6.07) is 1.16. The summed E-state index contributed by atoms with van der Waals surface area (Å²) in [5.74, 6) is -3.28. The maximum Gasteiger partial charge on any atom is 0.308 e. The van der Waals surface area contributed by atoms with Crippen LogP contribution in [0.2, 0.25) is 0 Å². The summed E-state index contributed by atoms with van der Waals surface area (Å²) in [5.41, 5.74) is -1.09. The highest BCUT2D eigenvalue weighted by molar-refractivity contribution is 6.10. The van der Waals surface area contributed by atoms with Crippen molar-refractivity contribution in [2.75, 3.05) is 25.1 Å². The highest BCUT2D eigenvalue weighted by Gasteiger charge is 2.49. The van der Waals surface area contributed by atoms with Crippen LogP contribution < -0.4 is 10.2 Å². The number of anilines is 1. The molecule has 1 heterocycles. The molecule has 1 saturated carbocycles. The number of rotatable bonds is 7. The first-order chi connectivity index (χ1) is 14.0. The van der Waals surface area contributed by atoms with Crippen LogP contribution in [0.25, 0.3) is 0 Å². The molecule has 6 nitrogen and oxygen atoms in total. The van der Waals surface area contributed by atoms with Gasteiger partial charge in [-0.3, -0.25) is 19.3 Å². The zero-order valence-corrected chi connectivity index (χ0v) is 18.0.